The van der Waals surface area contributed by atoms with Crippen molar-refractivity contribution in [1.82, 2.24) is 4.57 Å². The Hall–Kier alpha value is -3.13. The number of carbonyl (C=O) groups excluding carboxylic acids is 2. The number of hydrogen-bond donors (Lipinski definition) is 0. The van der Waals surface area contributed by atoms with Crippen molar-refractivity contribution in [3.8, 4) is 11.5 Å². The fourth-order valence-corrected chi connectivity index (χ4v) is 4.04. The highest BCUT2D eigenvalue weighted by molar-refractivity contribution is 7.16. The van der Waals surface area contributed by atoms with E-state index in [0.29, 0.717) is 16.3 Å². The van der Waals surface area contributed by atoms with Crippen molar-refractivity contribution >= 4 is 33.4 Å². The number of thiazole rings is 1. The molecule has 0 aliphatic heterocycles. The molecule has 1 heterocycles. The van der Waals surface area contributed by atoms with E-state index in [1.807, 2.05) is 25.1 Å². The summed E-state index contributed by atoms with van der Waals surface area (Å²) < 4.78 is 18.0. The van der Waals surface area contributed by atoms with E-state index in [2.05, 4.69) is 4.99 Å². The molecular formula is C20H20N2O5S. The number of methoxy groups -OCH3 is 3. The zero-order valence-corrected chi connectivity index (χ0v) is 16.8. The van der Waals surface area contributed by atoms with E-state index in [-0.39, 0.29) is 12.1 Å². The van der Waals surface area contributed by atoms with Crippen LogP contribution in [0, 0.1) is 6.92 Å². The molecule has 0 atom stereocenters. The summed E-state index contributed by atoms with van der Waals surface area (Å²) in [4.78, 5) is 29.6. The first-order chi connectivity index (χ1) is 13.5. The Morgan fingerprint density at radius 3 is 2.29 bits per heavy atom. The zero-order valence-electron chi connectivity index (χ0n) is 16.0. The average Bonchev–Trinajstić information content (AvgIpc) is 3.05. The van der Waals surface area contributed by atoms with Gasteiger partial charge in [0.05, 0.1) is 31.5 Å². The number of amides is 1. The second-order valence-corrected chi connectivity index (χ2v) is 6.93. The van der Waals surface area contributed by atoms with Crippen molar-refractivity contribution < 1.29 is 23.8 Å². The van der Waals surface area contributed by atoms with Gasteiger partial charge in [-0.15, -0.1) is 0 Å². The molecule has 8 heteroatoms. The summed E-state index contributed by atoms with van der Waals surface area (Å²) in [6.07, 6.45) is 0. The van der Waals surface area contributed by atoms with E-state index in [4.69, 9.17) is 14.2 Å². The fourth-order valence-electron chi connectivity index (χ4n) is 2.94. The van der Waals surface area contributed by atoms with Crippen molar-refractivity contribution in [2.75, 3.05) is 21.3 Å². The lowest BCUT2D eigenvalue weighted by molar-refractivity contribution is -0.141. The molecule has 0 radical (unpaired) electrons. The Balaban J connectivity index is 2.22. The van der Waals surface area contributed by atoms with Gasteiger partial charge in [0, 0.05) is 0 Å². The fraction of sp³-hybridized carbons (Fsp3) is 0.250. The van der Waals surface area contributed by atoms with Crippen LogP contribution in [0.15, 0.2) is 41.4 Å². The van der Waals surface area contributed by atoms with E-state index in [9.17, 15) is 9.59 Å². The first-order valence-corrected chi connectivity index (χ1v) is 9.27. The lowest BCUT2D eigenvalue weighted by Crippen LogP contribution is -2.23. The largest absolute Gasteiger partial charge is 0.496 e. The summed E-state index contributed by atoms with van der Waals surface area (Å²) in [5.41, 5.74) is 2.05. The summed E-state index contributed by atoms with van der Waals surface area (Å²) in [6, 6.07) is 10.9. The van der Waals surface area contributed by atoms with Gasteiger partial charge in [0.15, 0.2) is 4.80 Å². The van der Waals surface area contributed by atoms with Crippen LogP contribution < -0.4 is 14.3 Å². The smallest absolute Gasteiger partial charge is 0.325 e. The molecule has 2 aromatic carbocycles. The van der Waals surface area contributed by atoms with Crippen LogP contribution in [0.25, 0.3) is 10.2 Å². The number of benzene rings is 2. The van der Waals surface area contributed by atoms with E-state index in [1.54, 1.807) is 22.8 Å². The zero-order chi connectivity index (χ0) is 20.3. The van der Waals surface area contributed by atoms with Crippen molar-refractivity contribution in [2.24, 2.45) is 4.99 Å². The van der Waals surface area contributed by atoms with Gasteiger partial charge in [-0.3, -0.25) is 9.59 Å². The number of fused-ring (bicyclic) bond motifs is 1. The monoisotopic (exact) mass is 400 g/mol. The van der Waals surface area contributed by atoms with Gasteiger partial charge in [0.25, 0.3) is 5.91 Å². The minimum absolute atomic E-state index is 0.0451. The first-order valence-electron chi connectivity index (χ1n) is 8.46. The molecule has 3 aromatic rings. The molecule has 146 valence electrons. The van der Waals surface area contributed by atoms with Gasteiger partial charge < -0.3 is 18.8 Å². The van der Waals surface area contributed by atoms with Crippen LogP contribution in [0.4, 0.5) is 0 Å². The number of rotatable bonds is 5. The number of aromatic nitrogens is 1. The highest BCUT2D eigenvalue weighted by Gasteiger charge is 2.19. The maximum atomic E-state index is 13.0. The summed E-state index contributed by atoms with van der Waals surface area (Å²) >= 11 is 1.33. The third-order valence-corrected chi connectivity index (χ3v) is 5.30. The Kier molecular flexibility index (Phi) is 5.79. The average molecular weight is 400 g/mol. The minimum atomic E-state index is -0.517. The first kappa shape index (κ1) is 19.6. The van der Waals surface area contributed by atoms with Gasteiger partial charge in [-0.2, -0.15) is 4.99 Å². The SMILES string of the molecule is COC(=O)Cn1c(=NC(=O)c2c(OC)cccc2OC)sc2cccc(C)c21. The van der Waals surface area contributed by atoms with Gasteiger partial charge in [0.2, 0.25) is 0 Å². The van der Waals surface area contributed by atoms with E-state index >= 15 is 0 Å². The Morgan fingerprint density at radius 2 is 1.68 bits per heavy atom. The Bertz CT molecular complexity index is 1090. The highest BCUT2D eigenvalue weighted by atomic mass is 32.1. The van der Waals surface area contributed by atoms with Gasteiger partial charge in [-0.25, -0.2) is 0 Å². The van der Waals surface area contributed by atoms with E-state index in [0.717, 1.165) is 15.8 Å². The molecule has 0 saturated heterocycles. The summed E-state index contributed by atoms with van der Waals surface area (Å²) in [6.45, 7) is 1.90. The number of ether oxygens (including phenoxy) is 3. The number of hydrogen-bond acceptors (Lipinski definition) is 6. The topological polar surface area (TPSA) is 79.1 Å². The molecule has 1 aromatic heterocycles. The molecule has 0 aliphatic rings. The molecule has 0 spiro atoms. The van der Waals surface area contributed by atoms with Gasteiger partial charge >= 0.3 is 5.97 Å². The summed E-state index contributed by atoms with van der Waals surface area (Å²) in [5.74, 6) is -0.210. The van der Waals surface area contributed by atoms with Crippen molar-refractivity contribution in [3.63, 3.8) is 0 Å². The number of nitrogens with zero attached hydrogens (tertiary/aromatic N) is 2. The van der Waals surface area contributed by atoms with Gasteiger partial charge in [-0.05, 0) is 30.7 Å². The Morgan fingerprint density at radius 1 is 1.04 bits per heavy atom. The summed E-state index contributed by atoms with van der Waals surface area (Å²) in [5, 5.41) is 0. The number of para-hydroxylation sites is 1. The van der Waals surface area contributed by atoms with Crippen LogP contribution in [0.5, 0.6) is 11.5 Å². The van der Waals surface area contributed by atoms with Crippen LogP contribution in [0.2, 0.25) is 0 Å². The Labute approximate surface area is 165 Å². The molecule has 0 bridgehead atoms. The van der Waals surface area contributed by atoms with Gasteiger partial charge in [-0.1, -0.05) is 29.5 Å². The molecule has 3 rings (SSSR count). The second-order valence-electron chi connectivity index (χ2n) is 5.92. The molecule has 0 N–H and O–H groups in total. The number of carbonyl (C=O) groups is 2. The van der Waals surface area contributed by atoms with Crippen molar-refractivity contribution in [2.45, 2.75) is 13.5 Å². The van der Waals surface area contributed by atoms with Crippen LogP contribution >= 0.6 is 11.3 Å². The van der Waals surface area contributed by atoms with Crippen molar-refractivity contribution in [3.05, 3.63) is 52.3 Å². The number of aryl methyl sites for hydroxylation is 1. The lowest BCUT2D eigenvalue weighted by Gasteiger charge is -2.10. The van der Waals surface area contributed by atoms with Crippen molar-refractivity contribution in [1.29, 1.82) is 0 Å². The highest BCUT2D eigenvalue weighted by Crippen LogP contribution is 2.29. The standard InChI is InChI=1S/C20H20N2O5S/c1-12-7-5-10-15-18(12)22(11-16(23)27-4)20(28-15)21-19(24)17-13(25-2)8-6-9-14(17)26-3/h5-10H,11H2,1-4H3. The molecule has 0 unspecified atom stereocenters. The van der Waals surface area contributed by atoms with Crippen LogP contribution in [0.1, 0.15) is 15.9 Å². The third kappa shape index (κ3) is 3.63. The van der Waals surface area contributed by atoms with E-state index in [1.165, 1.54) is 32.7 Å². The quantitative estimate of drug-likeness (QED) is 0.615. The van der Waals surface area contributed by atoms with Crippen LogP contribution in [-0.2, 0) is 16.1 Å². The molecule has 7 nitrogen and oxygen atoms in total. The lowest BCUT2D eigenvalue weighted by atomic mass is 10.1. The maximum Gasteiger partial charge on any atom is 0.325 e. The number of esters is 1. The molecule has 1 amide bonds. The molecule has 28 heavy (non-hydrogen) atoms. The second kappa shape index (κ2) is 8.26. The van der Waals surface area contributed by atoms with E-state index < -0.39 is 11.9 Å². The van der Waals surface area contributed by atoms with Gasteiger partial charge in [0.1, 0.15) is 23.6 Å². The molecule has 0 aliphatic carbocycles. The maximum absolute atomic E-state index is 13.0. The molecular weight excluding hydrogens is 380 g/mol. The summed E-state index contributed by atoms with van der Waals surface area (Å²) in [7, 11) is 4.28. The third-order valence-electron chi connectivity index (χ3n) is 4.26. The molecule has 0 fully saturated rings. The van der Waals surface area contributed by atoms with Crippen LogP contribution in [-0.4, -0.2) is 37.8 Å². The van der Waals surface area contributed by atoms with Crippen LogP contribution in [0.3, 0.4) is 0 Å². The predicted octanol–water partition coefficient (Wildman–Crippen LogP) is 2.94. The predicted molar refractivity (Wildman–Crippen MR) is 106 cm³/mol. The molecule has 0 saturated carbocycles. The normalized spacial score (nSPS) is 11.5. The minimum Gasteiger partial charge on any atom is -0.496 e.